The third-order valence-corrected chi connectivity index (χ3v) is 7.74. The second-order valence-corrected chi connectivity index (χ2v) is 10.6. The maximum atomic E-state index is 10.9. The zero-order valence-electron chi connectivity index (χ0n) is 19.1. The number of aliphatic hydroxyl groups is 1. The van der Waals surface area contributed by atoms with Crippen LogP contribution < -0.4 is 4.74 Å². The molecular formula is C26H26ClN3O4S. The number of nitrogens with zero attached hydrogens (tertiary/aromatic N) is 3. The molecule has 0 saturated carbocycles. The van der Waals surface area contributed by atoms with Gasteiger partial charge in [0.25, 0.3) is 5.69 Å². The topological polar surface area (TPSA) is 80.8 Å². The van der Waals surface area contributed by atoms with Crippen LogP contribution in [0.1, 0.15) is 28.8 Å². The van der Waals surface area contributed by atoms with Gasteiger partial charge in [-0.15, -0.1) is 11.3 Å². The first-order chi connectivity index (χ1) is 17.0. The first-order valence-corrected chi connectivity index (χ1v) is 12.8. The largest absolute Gasteiger partial charge is 0.489 e. The number of likely N-dealkylation sites (tertiary alicyclic amines) is 1. The van der Waals surface area contributed by atoms with Crippen molar-refractivity contribution in [2.75, 3.05) is 13.2 Å². The van der Waals surface area contributed by atoms with Crippen molar-refractivity contribution in [1.82, 2.24) is 9.47 Å². The molecule has 0 radical (unpaired) electrons. The molecule has 0 spiro atoms. The highest BCUT2D eigenvalue weighted by atomic mass is 35.5. The molecule has 0 bridgehead atoms. The third kappa shape index (κ3) is 5.36. The summed E-state index contributed by atoms with van der Waals surface area (Å²) in [6, 6.07) is 16.7. The molecular weight excluding hydrogens is 486 g/mol. The molecule has 35 heavy (non-hydrogen) atoms. The van der Waals surface area contributed by atoms with E-state index >= 15 is 0 Å². The van der Waals surface area contributed by atoms with E-state index in [1.807, 2.05) is 12.1 Å². The van der Waals surface area contributed by atoms with Crippen molar-refractivity contribution in [3.05, 3.63) is 91.2 Å². The molecule has 182 valence electrons. The van der Waals surface area contributed by atoms with Gasteiger partial charge in [0, 0.05) is 46.7 Å². The van der Waals surface area contributed by atoms with E-state index < -0.39 is 4.92 Å². The number of ether oxygens (including phenoxy) is 1. The van der Waals surface area contributed by atoms with Gasteiger partial charge in [0.15, 0.2) is 0 Å². The van der Waals surface area contributed by atoms with Crippen LogP contribution in [0.5, 0.6) is 5.75 Å². The van der Waals surface area contributed by atoms with E-state index in [9.17, 15) is 15.2 Å². The SMILES string of the molecule is O=[N+]([O-])c1ccc(COc2ccc3c(c2)c(CN2CCC[C@H]2CO)cn3Cc2ccc(Cl)s2)cc1. The molecule has 1 saturated heterocycles. The lowest BCUT2D eigenvalue weighted by atomic mass is 10.1. The normalized spacial score (nSPS) is 16.2. The number of benzene rings is 2. The monoisotopic (exact) mass is 511 g/mol. The quantitative estimate of drug-likeness (QED) is 0.225. The number of nitro benzene ring substituents is 1. The fourth-order valence-electron chi connectivity index (χ4n) is 4.71. The molecule has 3 heterocycles. The smallest absolute Gasteiger partial charge is 0.269 e. The summed E-state index contributed by atoms with van der Waals surface area (Å²) >= 11 is 7.74. The number of aliphatic hydroxyl groups excluding tert-OH is 1. The molecule has 9 heteroatoms. The van der Waals surface area contributed by atoms with Gasteiger partial charge < -0.3 is 14.4 Å². The van der Waals surface area contributed by atoms with Crippen molar-refractivity contribution >= 4 is 39.5 Å². The van der Waals surface area contributed by atoms with Crippen LogP contribution >= 0.6 is 22.9 Å². The van der Waals surface area contributed by atoms with Crippen molar-refractivity contribution < 1.29 is 14.8 Å². The predicted octanol–water partition coefficient (Wildman–Crippen LogP) is 5.85. The van der Waals surface area contributed by atoms with Gasteiger partial charge in [0.05, 0.1) is 22.4 Å². The Bertz CT molecular complexity index is 1330. The molecule has 2 aromatic heterocycles. The van der Waals surface area contributed by atoms with Crippen LogP contribution in [0.15, 0.2) is 60.8 Å². The Balaban J connectivity index is 1.41. The summed E-state index contributed by atoms with van der Waals surface area (Å²) in [5.41, 5.74) is 3.25. The Kier molecular flexibility index (Phi) is 7.06. The first-order valence-electron chi connectivity index (χ1n) is 11.6. The van der Waals surface area contributed by atoms with Crippen molar-refractivity contribution in [3.8, 4) is 5.75 Å². The Morgan fingerprint density at radius 2 is 1.97 bits per heavy atom. The number of nitro groups is 1. The Hall–Kier alpha value is -2.91. The van der Waals surface area contributed by atoms with Crippen LogP contribution in [0.2, 0.25) is 4.34 Å². The minimum Gasteiger partial charge on any atom is -0.489 e. The Morgan fingerprint density at radius 1 is 1.14 bits per heavy atom. The van der Waals surface area contributed by atoms with Gasteiger partial charge in [-0.05, 0) is 73.0 Å². The number of rotatable bonds is 9. The van der Waals surface area contributed by atoms with E-state index in [0.717, 1.165) is 59.0 Å². The maximum Gasteiger partial charge on any atom is 0.269 e. The summed E-state index contributed by atoms with van der Waals surface area (Å²) in [5.74, 6) is 0.745. The van der Waals surface area contributed by atoms with Gasteiger partial charge in [-0.1, -0.05) is 11.6 Å². The number of hydrogen-bond acceptors (Lipinski definition) is 6. The highest BCUT2D eigenvalue weighted by molar-refractivity contribution is 7.16. The average Bonchev–Trinajstić information content (AvgIpc) is 3.57. The van der Waals surface area contributed by atoms with E-state index in [0.29, 0.717) is 6.61 Å². The molecule has 1 fully saturated rings. The van der Waals surface area contributed by atoms with Gasteiger partial charge in [-0.3, -0.25) is 15.0 Å². The van der Waals surface area contributed by atoms with E-state index in [-0.39, 0.29) is 18.3 Å². The van der Waals surface area contributed by atoms with Crippen LogP contribution in [0.25, 0.3) is 10.9 Å². The number of hydrogen-bond donors (Lipinski definition) is 1. The van der Waals surface area contributed by atoms with Crippen LogP contribution in [0, 0.1) is 10.1 Å². The van der Waals surface area contributed by atoms with Gasteiger partial charge in [-0.2, -0.15) is 0 Å². The third-order valence-electron chi connectivity index (χ3n) is 6.53. The van der Waals surface area contributed by atoms with Gasteiger partial charge in [0.1, 0.15) is 12.4 Å². The van der Waals surface area contributed by atoms with Crippen molar-refractivity contribution in [2.45, 2.75) is 38.6 Å². The molecule has 0 amide bonds. The fraction of sp³-hybridized carbons (Fsp3) is 0.308. The molecule has 1 atom stereocenters. The lowest BCUT2D eigenvalue weighted by Crippen LogP contribution is -2.31. The second kappa shape index (κ2) is 10.4. The van der Waals surface area contributed by atoms with Crippen molar-refractivity contribution in [2.24, 2.45) is 0 Å². The minimum absolute atomic E-state index is 0.0660. The number of thiophene rings is 1. The van der Waals surface area contributed by atoms with Crippen LogP contribution in [0.4, 0.5) is 5.69 Å². The number of non-ortho nitro benzene ring substituents is 1. The Morgan fingerprint density at radius 3 is 2.69 bits per heavy atom. The van der Waals surface area contributed by atoms with Crippen LogP contribution in [0.3, 0.4) is 0 Å². The van der Waals surface area contributed by atoms with Crippen LogP contribution in [-0.4, -0.2) is 38.7 Å². The minimum atomic E-state index is -0.406. The molecule has 4 aromatic rings. The number of halogens is 1. The molecule has 0 unspecified atom stereocenters. The predicted molar refractivity (Wildman–Crippen MR) is 138 cm³/mol. The standard InChI is InChI=1S/C26H26ClN3O4S/c27-26-10-8-23(35-26)15-29-14-19(13-28-11-1-2-21(28)16-31)24-12-22(7-9-25(24)29)34-17-18-3-5-20(6-4-18)30(32)33/h3-10,12,14,21,31H,1-2,11,13,15-17H2/t21-/m0/s1. The highest BCUT2D eigenvalue weighted by Gasteiger charge is 2.25. The van der Waals surface area contributed by atoms with Crippen LogP contribution in [-0.2, 0) is 19.7 Å². The molecule has 1 N–H and O–H groups in total. The molecule has 2 aromatic carbocycles. The molecule has 5 rings (SSSR count). The molecule has 1 aliphatic rings. The Labute approximate surface area is 212 Å². The average molecular weight is 512 g/mol. The summed E-state index contributed by atoms with van der Waals surface area (Å²) in [4.78, 5) is 14.0. The second-order valence-electron chi connectivity index (χ2n) is 8.83. The summed E-state index contributed by atoms with van der Waals surface area (Å²) in [6.07, 6.45) is 4.32. The van der Waals surface area contributed by atoms with Crippen molar-refractivity contribution in [1.29, 1.82) is 0 Å². The van der Waals surface area contributed by atoms with E-state index in [4.69, 9.17) is 16.3 Å². The summed E-state index contributed by atoms with van der Waals surface area (Å²) < 4.78 is 9.08. The summed E-state index contributed by atoms with van der Waals surface area (Å²) in [5, 5.41) is 21.8. The van der Waals surface area contributed by atoms with E-state index in [1.54, 1.807) is 23.5 Å². The summed E-state index contributed by atoms with van der Waals surface area (Å²) in [7, 11) is 0. The summed E-state index contributed by atoms with van der Waals surface area (Å²) in [6.45, 7) is 2.99. The van der Waals surface area contributed by atoms with Gasteiger partial charge in [0.2, 0.25) is 0 Å². The van der Waals surface area contributed by atoms with Gasteiger partial charge in [-0.25, -0.2) is 0 Å². The van der Waals surface area contributed by atoms with E-state index in [1.165, 1.54) is 22.6 Å². The maximum absolute atomic E-state index is 10.9. The zero-order chi connectivity index (χ0) is 24.4. The molecule has 1 aliphatic heterocycles. The molecule has 7 nitrogen and oxygen atoms in total. The van der Waals surface area contributed by atoms with Gasteiger partial charge >= 0.3 is 0 Å². The lowest BCUT2D eigenvalue weighted by Gasteiger charge is -2.22. The lowest BCUT2D eigenvalue weighted by molar-refractivity contribution is -0.384. The zero-order valence-corrected chi connectivity index (χ0v) is 20.7. The number of fused-ring (bicyclic) bond motifs is 1. The molecule has 0 aliphatic carbocycles. The van der Waals surface area contributed by atoms with E-state index in [2.05, 4.69) is 33.9 Å². The van der Waals surface area contributed by atoms with Crippen molar-refractivity contribution in [3.63, 3.8) is 0 Å². The first kappa shape index (κ1) is 23.8. The highest BCUT2D eigenvalue weighted by Crippen LogP contribution is 2.31. The number of aromatic nitrogens is 1. The fourth-order valence-corrected chi connectivity index (χ4v) is 5.80.